The molecule has 0 radical (unpaired) electrons. The zero-order valence-corrected chi connectivity index (χ0v) is 16.6. The van der Waals surface area contributed by atoms with Gasteiger partial charge in [0.05, 0.1) is 28.9 Å². The van der Waals surface area contributed by atoms with Crippen LogP contribution in [0, 0.1) is 6.92 Å². The van der Waals surface area contributed by atoms with Crippen molar-refractivity contribution >= 4 is 34.9 Å². The van der Waals surface area contributed by atoms with Crippen LogP contribution >= 0.6 is 11.3 Å². The summed E-state index contributed by atoms with van der Waals surface area (Å²) in [6, 6.07) is 13.3. The van der Waals surface area contributed by atoms with Gasteiger partial charge in [-0.15, -0.1) is 11.3 Å². The molecule has 0 aliphatic rings. The molecule has 0 bridgehead atoms. The van der Waals surface area contributed by atoms with Gasteiger partial charge in [-0.3, -0.25) is 4.79 Å². The van der Waals surface area contributed by atoms with Gasteiger partial charge in [-0.25, -0.2) is 14.6 Å². The zero-order chi connectivity index (χ0) is 20.8. The molecule has 1 N–H and O–H groups in total. The molecular weight excluding hydrogens is 392 g/mol. The third kappa shape index (κ3) is 5.05. The molecule has 0 aliphatic heterocycles. The predicted molar refractivity (Wildman–Crippen MR) is 109 cm³/mol. The van der Waals surface area contributed by atoms with Crippen LogP contribution < -0.4 is 5.32 Å². The summed E-state index contributed by atoms with van der Waals surface area (Å²) in [5.74, 6) is -1.94. The summed E-state index contributed by atoms with van der Waals surface area (Å²) in [4.78, 5) is 40.6. The number of carbonyl (C=O) groups excluding carboxylic acids is 3. The maximum absolute atomic E-state index is 12.3. The Morgan fingerprint density at radius 1 is 1.03 bits per heavy atom. The van der Waals surface area contributed by atoms with Crippen molar-refractivity contribution in [3.63, 3.8) is 0 Å². The van der Waals surface area contributed by atoms with E-state index in [9.17, 15) is 14.4 Å². The average Bonchev–Trinajstić information content (AvgIpc) is 3.18. The maximum Gasteiger partial charge on any atom is 0.339 e. The van der Waals surface area contributed by atoms with E-state index in [0.717, 1.165) is 16.3 Å². The van der Waals surface area contributed by atoms with Crippen molar-refractivity contribution in [3.8, 4) is 11.3 Å². The van der Waals surface area contributed by atoms with Crippen molar-refractivity contribution < 1.29 is 23.9 Å². The van der Waals surface area contributed by atoms with Crippen molar-refractivity contribution in [3.05, 3.63) is 70.0 Å². The van der Waals surface area contributed by atoms with Crippen LogP contribution in [0.1, 0.15) is 25.7 Å². The number of nitrogens with zero attached hydrogens (tertiary/aromatic N) is 1. The van der Waals surface area contributed by atoms with E-state index in [1.807, 2.05) is 18.4 Å². The van der Waals surface area contributed by atoms with E-state index in [2.05, 4.69) is 15.0 Å². The second-order valence-corrected chi connectivity index (χ2v) is 7.06. The van der Waals surface area contributed by atoms with E-state index in [-0.39, 0.29) is 11.1 Å². The average molecular weight is 410 g/mol. The van der Waals surface area contributed by atoms with Crippen molar-refractivity contribution in [2.45, 2.75) is 6.92 Å². The van der Waals surface area contributed by atoms with Crippen LogP contribution in [-0.2, 0) is 14.3 Å². The van der Waals surface area contributed by atoms with Crippen LogP contribution in [-0.4, -0.2) is 36.5 Å². The third-order valence-corrected chi connectivity index (χ3v) is 4.72. The van der Waals surface area contributed by atoms with E-state index in [1.54, 1.807) is 41.7 Å². The molecular formula is C21H18N2O5S. The molecule has 29 heavy (non-hydrogen) atoms. The minimum Gasteiger partial charge on any atom is -0.465 e. The smallest absolute Gasteiger partial charge is 0.339 e. The first kappa shape index (κ1) is 20.2. The van der Waals surface area contributed by atoms with Gasteiger partial charge in [-0.05, 0) is 31.2 Å². The number of benzene rings is 2. The number of thiazole rings is 1. The maximum atomic E-state index is 12.3. The van der Waals surface area contributed by atoms with Gasteiger partial charge in [0.15, 0.2) is 6.61 Å². The van der Waals surface area contributed by atoms with Crippen LogP contribution in [0.3, 0.4) is 0 Å². The quantitative estimate of drug-likeness (QED) is 0.623. The van der Waals surface area contributed by atoms with Crippen LogP contribution in [0.25, 0.3) is 11.3 Å². The molecule has 148 valence electrons. The minimum absolute atomic E-state index is 0.0352. The standard InChI is InChI=1S/C21H18N2O5S/c1-13-22-18(12-29-13)14-6-5-7-15(10-14)23-19(24)11-28-21(26)17-9-4-3-8-16(17)20(25)27-2/h3-10,12H,11H2,1-2H3,(H,23,24). The largest absolute Gasteiger partial charge is 0.465 e. The van der Waals surface area contributed by atoms with E-state index in [0.29, 0.717) is 5.69 Å². The monoisotopic (exact) mass is 410 g/mol. The SMILES string of the molecule is COC(=O)c1ccccc1C(=O)OCC(=O)Nc1cccc(-c2csc(C)n2)c1. The van der Waals surface area contributed by atoms with Gasteiger partial charge in [-0.1, -0.05) is 24.3 Å². The minimum atomic E-state index is -0.784. The number of ether oxygens (including phenoxy) is 2. The first-order valence-electron chi connectivity index (χ1n) is 8.65. The van der Waals surface area contributed by atoms with E-state index in [1.165, 1.54) is 19.2 Å². The Labute approximate surface area is 171 Å². The van der Waals surface area contributed by atoms with Gasteiger partial charge in [0.2, 0.25) is 0 Å². The second-order valence-electron chi connectivity index (χ2n) is 5.99. The Morgan fingerprint density at radius 2 is 1.76 bits per heavy atom. The van der Waals surface area contributed by atoms with Crippen molar-refractivity contribution in [2.24, 2.45) is 0 Å². The Hall–Kier alpha value is -3.52. The van der Waals surface area contributed by atoms with Gasteiger partial charge < -0.3 is 14.8 Å². The molecule has 1 aromatic heterocycles. The lowest BCUT2D eigenvalue weighted by Crippen LogP contribution is -2.22. The molecule has 0 spiro atoms. The van der Waals surface area contributed by atoms with Crippen LogP contribution in [0.4, 0.5) is 5.69 Å². The summed E-state index contributed by atoms with van der Waals surface area (Å²) in [6.07, 6.45) is 0. The third-order valence-electron chi connectivity index (χ3n) is 3.95. The lowest BCUT2D eigenvalue weighted by atomic mass is 10.1. The number of amides is 1. The number of aromatic nitrogens is 1. The summed E-state index contributed by atoms with van der Waals surface area (Å²) in [7, 11) is 1.22. The highest BCUT2D eigenvalue weighted by Gasteiger charge is 2.19. The van der Waals surface area contributed by atoms with E-state index >= 15 is 0 Å². The molecule has 0 saturated heterocycles. The van der Waals surface area contributed by atoms with Gasteiger partial charge in [0.25, 0.3) is 5.91 Å². The fourth-order valence-corrected chi connectivity index (χ4v) is 3.23. The van der Waals surface area contributed by atoms with Crippen LogP contribution in [0.2, 0.25) is 0 Å². The Kier molecular flexibility index (Phi) is 6.36. The summed E-state index contributed by atoms with van der Waals surface area (Å²) < 4.78 is 9.70. The highest BCUT2D eigenvalue weighted by molar-refractivity contribution is 7.09. The number of methoxy groups -OCH3 is 1. The summed E-state index contributed by atoms with van der Waals surface area (Å²) in [5.41, 5.74) is 2.37. The first-order valence-corrected chi connectivity index (χ1v) is 9.53. The lowest BCUT2D eigenvalue weighted by Gasteiger charge is -2.09. The summed E-state index contributed by atoms with van der Waals surface area (Å²) >= 11 is 1.54. The number of hydrogen-bond donors (Lipinski definition) is 1. The second kappa shape index (κ2) is 9.11. The Bertz CT molecular complexity index is 1060. The number of hydrogen-bond acceptors (Lipinski definition) is 7. The molecule has 0 unspecified atom stereocenters. The van der Waals surface area contributed by atoms with Gasteiger partial charge >= 0.3 is 11.9 Å². The molecule has 8 heteroatoms. The van der Waals surface area contributed by atoms with E-state index < -0.39 is 24.5 Å². The molecule has 1 amide bonds. The Morgan fingerprint density at radius 3 is 2.41 bits per heavy atom. The number of anilines is 1. The molecule has 0 saturated carbocycles. The highest BCUT2D eigenvalue weighted by atomic mass is 32.1. The molecule has 7 nitrogen and oxygen atoms in total. The highest BCUT2D eigenvalue weighted by Crippen LogP contribution is 2.24. The van der Waals surface area contributed by atoms with E-state index in [4.69, 9.17) is 4.74 Å². The van der Waals surface area contributed by atoms with Gasteiger partial charge in [0.1, 0.15) is 0 Å². The van der Waals surface area contributed by atoms with Crippen molar-refractivity contribution in [1.82, 2.24) is 4.98 Å². The van der Waals surface area contributed by atoms with Crippen LogP contribution in [0.5, 0.6) is 0 Å². The number of aryl methyl sites for hydroxylation is 1. The van der Waals surface area contributed by atoms with Gasteiger partial charge in [0, 0.05) is 16.6 Å². The zero-order valence-electron chi connectivity index (χ0n) is 15.8. The number of esters is 2. The molecule has 0 fully saturated rings. The fourth-order valence-electron chi connectivity index (χ4n) is 2.61. The first-order chi connectivity index (χ1) is 14.0. The lowest BCUT2D eigenvalue weighted by molar-refractivity contribution is -0.119. The van der Waals surface area contributed by atoms with Crippen molar-refractivity contribution in [2.75, 3.05) is 19.0 Å². The van der Waals surface area contributed by atoms with Crippen LogP contribution in [0.15, 0.2) is 53.9 Å². The molecule has 3 rings (SSSR count). The van der Waals surface area contributed by atoms with Crippen molar-refractivity contribution in [1.29, 1.82) is 0 Å². The van der Waals surface area contributed by atoms with Gasteiger partial charge in [-0.2, -0.15) is 0 Å². The molecule has 2 aromatic carbocycles. The normalized spacial score (nSPS) is 10.3. The summed E-state index contributed by atoms with van der Waals surface area (Å²) in [5, 5.41) is 5.58. The molecule has 1 heterocycles. The topological polar surface area (TPSA) is 94.6 Å². The molecule has 0 atom stereocenters. The summed E-state index contributed by atoms with van der Waals surface area (Å²) in [6.45, 7) is 1.43. The Balaban J connectivity index is 1.62. The number of nitrogens with one attached hydrogen (secondary N) is 1. The predicted octanol–water partition coefficient (Wildman–Crippen LogP) is 3.70. The number of carbonyl (C=O) groups is 3. The molecule has 0 aliphatic carbocycles. The molecule has 3 aromatic rings. The fraction of sp³-hybridized carbons (Fsp3) is 0.143. The number of rotatable bonds is 6.